The van der Waals surface area contributed by atoms with E-state index in [0.717, 1.165) is 19.0 Å². The number of hydrogen-bond donors (Lipinski definition) is 0. The first-order valence-corrected chi connectivity index (χ1v) is 11.4. The molecule has 0 fully saturated rings. The lowest BCUT2D eigenvalue weighted by Gasteiger charge is -2.07. The Hall–Kier alpha value is -1.38. The Kier molecular flexibility index (Phi) is 8.43. The number of rotatable bonds is 10. The summed E-state index contributed by atoms with van der Waals surface area (Å²) in [6, 6.07) is 14.5. The lowest BCUT2D eigenvalue weighted by molar-refractivity contribution is -0.143. The molecule has 0 aliphatic rings. The highest BCUT2D eigenvalue weighted by molar-refractivity contribution is 8.04. The normalized spacial score (nSPS) is 12.8. The Morgan fingerprint density at radius 2 is 1.92 bits per heavy atom. The van der Waals surface area contributed by atoms with Gasteiger partial charge in [-0.05, 0) is 42.5 Å². The second kappa shape index (κ2) is 10.6. The van der Waals surface area contributed by atoms with Crippen LogP contribution in [0.2, 0.25) is 0 Å². The minimum Gasteiger partial charge on any atom is -0.466 e. The molecule has 2 atom stereocenters. The summed E-state index contributed by atoms with van der Waals surface area (Å²) in [5, 5.41) is 2.44. The molecule has 0 amide bonds. The van der Waals surface area contributed by atoms with Gasteiger partial charge in [0, 0.05) is 11.3 Å². The molecular formula is C20H26O3PS+. The van der Waals surface area contributed by atoms with Gasteiger partial charge in [-0.3, -0.25) is 4.79 Å². The molecule has 2 unspecified atom stereocenters. The van der Waals surface area contributed by atoms with Gasteiger partial charge in [0.15, 0.2) is 5.49 Å². The minimum atomic E-state index is -1.23. The molecule has 0 aromatic heterocycles. The summed E-state index contributed by atoms with van der Waals surface area (Å²) in [6.45, 7) is 4.37. The van der Waals surface area contributed by atoms with E-state index in [1.165, 1.54) is 15.7 Å². The van der Waals surface area contributed by atoms with Gasteiger partial charge in [-0.15, -0.1) is 0 Å². The quantitative estimate of drug-likeness (QED) is 0.286. The lowest BCUT2D eigenvalue weighted by Crippen LogP contribution is -2.07. The van der Waals surface area contributed by atoms with Gasteiger partial charge in [-0.25, -0.2) is 0 Å². The maximum absolute atomic E-state index is 12.3. The molecule has 3 nitrogen and oxygen atoms in total. The third kappa shape index (κ3) is 6.80. The molecule has 134 valence electrons. The summed E-state index contributed by atoms with van der Waals surface area (Å²) in [7, 11) is -1.23. The zero-order chi connectivity index (χ0) is 18.1. The Balaban J connectivity index is 1.74. The van der Waals surface area contributed by atoms with Crippen molar-refractivity contribution in [3.05, 3.63) is 42.5 Å². The zero-order valence-corrected chi connectivity index (χ0v) is 16.7. The van der Waals surface area contributed by atoms with Crippen molar-refractivity contribution >= 4 is 36.3 Å². The number of esters is 1. The van der Waals surface area contributed by atoms with E-state index in [1.54, 1.807) is 11.8 Å². The second-order valence-corrected chi connectivity index (χ2v) is 9.37. The topological polar surface area (TPSA) is 43.4 Å². The van der Waals surface area contributed by atoms with Crippen molar-refractivity contribution in [1.29, 1.82) is 0 Å². The zero-order valence-electron chi connectivity index (χ0n) is 14.9. The van der Waals surface area contributed by atoms with Crippen LogP contribution < -0.4 is 0 Å². The monoisotopic (exact) mass is 377 g/mol. The molecule has 0 spiro atoms. The van der Waals surface area contributed by atoms with E-state index in [2.05, 4.69) is 37.3 Å². The maximum Gasteiger partial charge on any atom is 0.349 e. The van der Waals surface area contributed by atoms with E-state index in [9.17, 15) is 9.36 Å². The Labute approximate surface area is 155 Å². The largest absolute Gasteiger partial charge is 0.466 e. The number of hydrogen-bond acceptors (Lipinski definition) is 4. The van der Waals surface area contributed by atoms with E-state index in [0.29, 0.717) is 24.4 Å². The Bertz CT molecular complexity index is 712. The minimum absolute atomic E-state index is 0.134. The predicted octanol–water partition coefficient (Wildman–Crippen LogP) is 6.09. The third-order valence-electron chi connectivity index (χ3n) is 4.13. The van der Waals surface area contributed by atoms with Gasteiger partial charge < -0.3 is 4.74 Å². The van der Waals surface area contributed by atoms with Gasteiger partial charge in [0.25, 0.3) is 0 Å². The molecule has 2 aromatic rings. The number of thioether (sulfide) groups is 1. The van der Waals surface area contributed by atoms with E-state index >= 15 is 0 Å². The third-order valence-corrected chi connectivity index (χ3v) is 7.22. The number of fused-ring (bicyclic) bond motifs is 1. The molecule has 0 saturated heterocycles. The number of ether oxygens (including phenoxy) is 1. The van der Waals surface area contributed by atoms with E-state index in [1.807, 2.05) is 19.1 Å². The van der Waals surface area contributed by atoms with Crippen LogP contribution in [0.3, 0.4) is 0 Å². The summed E-state index contributed by atoms with van der Waals surface area (Å²) < 4.78 is 17.3. The molecule has 5 heteroatoms. The molecule has 0 saturated carbocycles. The molecule has 0 radical (unpaired) electrons. The van der Waals surface area contributed by atoms with Crippen LogP contribution in [-0.4, -0.2) is 24.2 Å². The number of carbonyl (C=O) groups excluding carboxylic acids is 1. The van der Waals surface area contributed by atoms with Crippen LogP contribution in [0.25, 0.3) is 10.8 Å². The van der Waals surface area contributed by atoms with E-state index in [4.69, 9.17) is 4.74 Å². The van der Waals surface area contributed by atoms with Crippen LogP contribution in [0.15, 0.2) is 47.4 Å². The van der Waals surface area contributed by atoms with Crippen LogP contribution in [0.4, 0.5) is 0 Å². The molecule has 25 heavy (non-hydrogen) atoms. The number of benzene rings is 2. The Morgan fingerprint density at radius 1 is 1.16 bits per heavy atom. The average Bonchev–Trinajstić information content (AvgIpc) is 2.63. The summed E-state index contributed by atoms with van der Waals surface area (Å²) in [6.07, 6.45) is 2.87. The predicted molar refractivity (Wildman–Crippen MR) is 107 cm³/mol. The highest BCUT2D eigenvalue weighted by atomic mass is 32.2. The fraction of sp³-hybridized carbons (Fsp3) is 0.450. The molecule has 0 aliphatic carbocycles. The Morgan fingerprint density at radius 3 is 2.72 bits per heavy atom. The van der Waals surface area contributed by atoms with Gasteiger partial charge in [0.2, 0.25) is 0 Å². The van der Waals surface area contributed by atoms with Crippen molar-refractivity contribution < 1.29 is 14.1 Å². The smallest absolute Gasteiger partial charge is 0.349 e. The molecule has 0 aliphatic heterocycles. The molecule has 2 rings (SSSR count). The molecule has 2 aromatic carbocycles. The SMILES string of the molecule is CCOC(=O)CCC(C)CC[P+](=O)CSc1cccc2ccccc12. The van der Waals surface area contributed by atoms with Crippen molar-refractivity contribution in [3.63, 3.8) is 0 Å². The highest BCUT2D eigenvalue weighted by Crippen LogP contribution is 2.36. The summed E-state index contributed by atoms with van der Waals surface area (Å²) >= 11 is 1.68. The van der Waals surface area contributed by atoms with Crippen LogP contribution in [0, 0.1) is 5.92 Å². The second-order valence-electron chi connectivity index (χ2n) is 6.19. The van der Waals surface area contributed by atoms with Crippen LogP contribution in [0.1, 0.15) is 33.1 Å². The van der Waals surface area contributed by atoms with Crippen LogP contribution in [0.5, 0.6) is 0 Å². The van der Waals surface area contributed by atoms with E-state index in [-0.39, 0.29) is 5.97 Å². The fourth-order valence-electron chi connectivity index (χ4n) is 2.63. The molecular weight excluding hydrogens is 351 g/mol. The van der Waals surface area contributed by atoms with Gasteiger partial charge in [-0.1, -0.05) is 59.6 Å². The fourth-order valence-corrected chi connectivity index (χ4v) is 5.53. The maximum atomic E-state index is 12.3. The van der Waals surface area contributed by atoms with Crippen molar-refractivity contribution in [2.75, 3.05) is 18.3 Å². The van der Waals surface area contributed by atoms with Gasteiger partial charge in [0.05, 0.1) is 6.61 Å². The highest BCUT2D eigenvalue weighted by Gasteiger charge is 2.18. The first-order chi connectivity index (χ1) is 12.1. The average molecular weight is 377 g/mol. The van der Waals surface area contributed by atoms with Crippen LogP contribution in [-0.2, 0) is 14.1 Å². The van der Waals surface area contributed by atoms with Crippen molar-refractivity contribution in [2.45, 2.75) is 38.0 Å². The summed E-state index contributed by atoms with van der Waals surface area (Å²) in [4.78, 5) is 12.6. The van der Waals surface area contributed by atoms with Crippen molar-refractivity contribution in [2.24, 2.45) is 5.92 Å². The number of carbonyl (C=O) groups is 1. The van der Waals surface area contributed by atoms with Crippen molar-refractivity contribution in [1.82, 2.24) is 0 Å². The van der Waals surface area contributed by atoms with Crippen molar-refractivity contribution in [3.8, 4) is 0 Å². The van der Waals surface area contributed by atoms with Gasteiger partial charge in [0.1, 0.15) is 6.16 Å². The van der Waals surface area contributed by atoms with Gasteiger partial charge in [-0.2, -0.15) is 0 Å². The van der Waals surface area contributed by atoms with Crippen LogP contribution >= 0.6 is 19.6 Å². The first kappa shape index (κ1) is 19.9. The first-order valence-electron chi connectivity index (χ1n) is 8.78. The lowest BCUT2D eigenvalue weighted by atomic mass is 10.0. The molecule has 0 N–H and O–H groups in total. The molecule has 0 heterocycles. The standard InChI is InChI=1S/C20H26O3PS/c1-3-23-20(21)12-11-16(2)13-14-24(22)15-25-19-10-6-8-17-7-4-5-9-18(17)19/h4-10,16H,3,11-15H2,1-2H3/q+1. The summed E-state index contributed by atoms with van der Waals surface area (Å²) in [5.74, 6) is 0.260. The van der Waals surface area contributed by atoms with Gasteiger partial charge >= 0.3 is 13.8 Å². The molecule has 0 bridgehead atoms. The van der Waals surface area contributed by atoms with E-state index < -0.39 is 7.80 Å². The summed E-state index contributed by atoms with van der Waals surface area (Å²) in [5.41, 5.74) is 0.647.